The van der Waals surface area contributed by atoms with Gasteiger partial charge in [-0.25, -0.2) is 4.90 Å². The van der Waals surface area contributed by atoms with Crippen molar-refractivity contribution in [2.24, 2.45) is 0 Å². The number of nitrogens with one attached hydrogen (secondary N) is 1. The van der Waals surface area contributed by atoms with Gasteiger partial charge in [-0.15, -0.1) is 0 Å². The van der Waals surface area contributed by atoms with Crippen molar-refractivity contribution < 1.29 is 9.59 Å². The number of hydrogen-bond acceptors (Lipinski definition) is 3. The summed E-state index contributed by atoms with van der Waals surface area (Å²) in [5, 5.41) is 4.18. The summed E-state index contributed by atoms with van der Waals surface area (Å²) < 4.78 is 0.879. The van der Waals surface area contributed by atoms with Gasteiger partial charge in [0.15, 0.2) is 5.11 Å². The topological polar surface area (TPSA) is 52.7 Å². The highest BCUT2D eigenvalue weighted by atomic mass is 79.9. The van der Waals surface area contributed by atoms with Crippen LogP contribution < -0.4 is 10.2 Å². The van der Waals surface area contributed by atoms with Gasteiger partial charge in [0.2, 0.25) is 5.91 Å². The molecule has 0 aromatic heterocycles. The molecule has 1 atom stereocenters. The lowest BCUT2D eigenvalue weighted by atomic mass is 10.1. The van der Waals surface area contributed by atoms with Gasteiger partial charge in [0.25, 0.3) is 5.91 Å². The van der Waals surface area contributed by atoms with E-state index in [2.05, 4.69) is 21.2 Å². The summed E-state index contributed by atoms with van der Waals surface area (Å²) in [6.07, 6.45) is 0.0774. The molecule has 1 saturated heterocycles. The summed E-state index contributed by atoms with van der Waals surface area (Å²) >= 11 is 14.8. The second-order valence-corrected chi connectivity index (χ2v) is 8.09. The Morgan fingerprint density at radius 1 is 1.21 bits per heavy atom. The minimum absolute atomic E-state index is 0.0774. The number of halogens is 2. The van der Waals surface area contributed by atoms with Gasteiger partial charge in [0.05, 0.1) is 12.1 Å². The molecule has 1 aliphatic rings. The fourth-order valence-corrected chi connectivity index (χ4v) is 3.81. The van der Waals surface area contributed by atoms with Gasteiger partial charge in [-0.05, 0) is 61.1 Å². The van der Waals surface area contributed by atoms with E-state index in [0.717, 1.165) is 10.0 Å². The SMILES string of the molecule is CCNC(=S)N(Cc1ccc(Cl)cc1)[C@H]1CC(=O)N(c2ccc(Br)cc2)C1=O. The van der Waals surface area contributed by atoms with Crippen molar-refractivity contribution in [1.29, 1.82) is 0 Å². The van der Waals surface area contributed by atoms with E-state index in [-0.39, 0.29) is 18.2 Å². The minimum atomic E-state index is -0.654. The summed E-state index contributed by atoms with van der Waals surface area (Å²) in [4.78, 5) is 28.8. The van der Waals surface area contributed by atoms with Crippen molar-refractivity contribution in [3.05, 3.63) is 63.6 Å². The van der Waals surface area contributed by atoms with Crippen LogP contribution in [0.4, 0.5) is 5.69 Å². The smallest absolute Gasteiger partial charge is 0.257 e. The summed E-state index contributed by atoms with van der Waals surface area (Å²) in [7, 11) is 0. The zero-order valence-electron chi connectivity index (χ0n) is 15.2. The number of hydrogen-bond donors (Lipinski definition) is 1. The van der Waals surface area contributed by atoms with E-state index in [1.807, 2.05) is 19.1 Å². The standard InChI is InChI=1S/C20H19BrClN3O2S/c1-2-23-20(28)24(12-13-3-7-15(22)8-4-13)17-11-18(26)25(19(17)27)16-9-5-14(21)6-10-16/h3-10,17H,2,11-12H2,1H3,(H,23,28)/t17-/m0/s1. The highest BCUT2D eigenvalue weighted by Crippen LogP contribution is 2.28. The molecule has 5 nitrogen and oxygen atoms in total. The third kappa shape index (κ3) is 4.54. The van der Waals surface area contributed by atoms with Gasteiger partial charge in [0.1, 0.15) is 6.04 Å². The number of carbonyl (C=O) groups is 2. The molecule has 2 amide bonds. The Hall–Kier alpha value is -1.96. The monoisotopic (exact) mass is 479 g/mol. The fraction of sp³-hybridized carbons (Fsp3) is 0.250. The largest absolute Gasteiger partial charge is 0.363 e. The molecule has 1 aliphatic heterocycles. The van der Waals surface area contributed by atoms with Crippen LogP contribution in [-0.4, -0.2) is 34.4 Å². The number of nitrogens with zero attached hydrogens (tertiary/aromatic N) is 2. The van der Waals surface area contributed by atoms with Crippen LogP contribution in [0.15, 0.2) is 53.0 Å². The van der Waals surface area contributed by atoms with E-state index >= 15 is 0 Å². The van der Waals surface area contributed by atoms with Crippen LogP contribution in [0, 0.1) is 0 Å². The molecule has 0 unspecified atom stereocenters. The lowest BCUT2D eigenvalue weighted by molar-refractivity contribution is -0.122. The first kappa shape index (κ1) is 20.8. The van der Waals surface area contributed by atoms with Crippen molar-refractivity contribution in [3.63, 3.8) is 0 Å². The van der Waals surface area contributed by atoms with Crippen LogP contribution in [0.1, 0.15) is 18.9 Å². The molecule has 1 fully saturated rings. The molecule has 8 heteroatoms. The Kier molecular flexibility index (Phi) is 6.69. The van der Waals surface area contributed by atoms with E-state index in [1.165, 1.54) is 4.90 Å². The average molecular weight is 481 g/mol. The zero-order valence-corrected chi connectivity index (χ0v) is 18.4. The van der Waals surface area contributed by atoms with Gasteiger partial charge in [-0.3, -0.25) is 9.59 Å². The predicted octanol–water partition coefficient (Wildman–Crippen LogP) is 4.13. The zero-order chi connectivity index (χ0) is 20.3. The Morgan fingerprint density at radius 2 is 1.86 bits per heavy atom. The van der Waals surface area contributed by atoms with Gasteiger partial charge in [-0.1, -0.05) is 39.7 Å². The molecule has 0 radical (unpaired) electrons. The lowest BCUT2D eigenvalue weighted by Gasteiger charge is -2.30. The van der Waals surface area contributed by atoms with Crippen LogP contribution >= 0.6 is 39.7 Å². The molecule has 0 bridgehead atoms. The molecular formula is C20H19BrClN3O2S. The van der Waals surface area contributed by atoms with E-state index in [0.29, 0.717) is 28.9 Å². The highest BCUT2D eigenvalue weighted by molar-refractivity contribution is 9.10. The Bertz CT molecular complexity index is 889. The van der Waals surface area contributed by atoms with Crippen LogP contribution in [0.25, 0.3) is 0 Å². The molecule has 0 spiro atoms. The van der Waals surface area contributed by atoms with Crippen molar-refractivity contribution in [2.45, 2.75) is 25.9 Å². The van der Waals surface area contributed by atoms with Gasteiger partial charge < -0.3 is 10.2 Å². The first-order valence-electron chi connectivity index (χ1n) is 8.82. The molecule has 1 N–H and O–H groups in total. The van der Waals surface area contributed by atoms with Crippen LogP contribution in [0.5, 0.6) is 0 Å². The Balaban J connectivity index is 1.88. The lowest BCUT2D eigenvalue weighted by Crippen LogP contribution is -2.49. The number of amides is 2. The minimum Gasteiger partial charge on any atom is -0.363 e. The number of imide groups is 1. The van der Waals surface area contributed by atoms with E-state index in [9.17, 15) is 9.59 Å². The molecule has 2 aromatic carbocycles. The summed E-state index contributed by atoms with van der Waals surface area (Å²) in [6, 6.07) is 13.8. The number of thiocarbonyl (C=S) groups is 1. The Morgan fingerprint density at radius 3 is 2.46 bits per heavy atom. The summed E-state index contributed by atoms with van der Waals surface area (Å²) in [6.45, 7) is 2.96. The van der Waals surface area contributed by atoms with Crippen LogP contribution in [-0.2, 0) is 16.1 Å². The maximum atomic E-state index is 13.1. The molecule has 2 aromatic rings. The quantitative estimate of drug-likeness (QED) is 0.515. The second kappa shape index (κ2) is 9.03. The maximum absolute atomic E-state index is 13.1. The molecule has 146 valence electrons. The molecule has 28 heavy (non-hydrogen) atoms. The van der Waals surface area contributed by atoms with Gasteiger partial charge >= 0.3 is 0 Å². The predicted molar refractivity (Wildman–Crippen MR) is 118 cm³/mol. The van der Waals surface area contributed by atoms with Crippen molar-refractivity contribution >= 4 is 62.4 Å². The van der Waals surface area contributed by atoms with Crippen molar-refractivity contribution in [1.82, 2.24) is 10.2 Å². The first-order valence-corrected chi connectivity index (χ1v) is 10.4. The van der Waals surface area contributed by atoms with Crippen molar-refractivity contribution in [3.8, 4) is 0 Å². The molecule has 0 saturated carbocycles. The highest BCUT2D eigenvalue weighted by Gasteiger charge is 2.43. The molecule has 0 aliphatic carbocycles. The van der Waals surface area contributed by atoms with E-state index in [1.54, 1.807) is 41.3 Å². The van der Waals surface area contributed by atoms with Crippen LogP contribution in [0.2, 0.25) is 5.02 Å². The first-order chi connectivity index (χ1) is 13.4. The summed E-state index contributed by atoms with van der Waals surface area (Å²) in [5.41, 5.74) is 1.51. The van der Waals surface area contributed by atoms with E-state index in [4.69, 9.17) is 23.8 Å². The van der Waals surface area contributed by atoms with Gasteiger partial charge in [0, 0.05) is 22.6 Å². The van der Waals surface area contributed by atoms with Crippen LogP contribution in [0.3, 0.4) is 0 Å². The second-order valence-electron chi connectivity index (χ2n) is 6.35. The third-order valence-corrected chi connectivity index (χ3v) is 5.60. The third-order valence-electron chi connectivity index (χ3n) is 4.44. The normalized spacial score (nSPS) is 16.4. The number of anilines is 1. The Labute approximate surface area is 182 Å². The number of benzene rings is 2. The number of carbonyl (C=O) groups excluding carboxylic acids is 2. The maximum Gasteiger partial charge on any atom is 0.257 e. The average Bonchev–Trinajstić information content (AvgIpc) is 2.96. The van der Waals surface area contributed by atoms with E-state index < -0.39 is 6.04 Å². The summed E-state index contributed by atoms with van der Waals surface area (Å²) in [5.74, 6) is -0.515. The molecule has 3 rings (SSSR count). The number of rotatable bonds is 5. The fourth-order valence-electron chi connectivity index (χ4n) is 3.08. The van der Waals surface area contributed by atoms with Crippen molar-refractivity contribution in [2.75, 3.05) is 11.4 Å². The van der Waals surface area contributed by atoms with Gasteiger partial charge in [-0.2, -0.15) is 0 Å². The molecule has 1 heterocycles. The molecular weight excluding hydrogens is 462 g/mol.